The topological polar surface area (TPSA) is 142 Å². The van der Waals surface area contributed by atoms with Gasteiger partial charge in [0.1, 0.15) is 10.6 Å². The lowest BCUT2D eigenvalue weighted by atomic mass is 10.2. The Balaban J connectivity index is 1.99. The zero-order valence-electron chi connectivity index (χ0n) is 12.1. The maximum Gasteiger partial charge on any atom is 0.349 e. The van der Waals surface area contributed by atoms with Crippen molar-refractivity contribution in [2.75, 3.05) is 11.9 Å². The lowest BCUT2D eigenvalue weighted by molar-refractivity contribution is -0.383. The van der Waals surface area contributed by atoms with Crippen LogP contribution < -0.4 is 5.32 Å². The average Bonchev–Trinajstić information content (AvgIpc) is 3.02. The van der Waals surface area contributed by atoms with E-state index in [0.29, 0.717) is 11.3 Å². The molecule has 1 amide bonds. The van der Waals surface area contributed by atoms with Gasteiger partial charge in [-0.15, -0.1) is 0 Å². The highest BCUT2D eigenvalue weighted by molar-refractivity contribution is 7.17. The molecule has 1 aromatic heterocycles. The summed E-state index contributed by atoms with van der Waals surface area (Å²) in [6.45, 7) is -0.728. The van der Waals surface area contributed by atoms with Crippen molar-refractivity contribution in [3.8, 4) is 0 Å². The Morgan fingerprint density at radius 1 is 1.16 bits per heavy atom. The van der Waals surface area contributed by atoms with E-state index in [1.165, 1.54) is 18.2 Å². The highest BCUT2D eigenvalue weighted by Gasteiger charge is 2.19. The van der Waals surface area contributed by atoms with Gasteiger partial charge < -0.3 is 10.1 Å². The average molecular weight is 386 g/mol. The summed E-state index contributed by atoms with van der Waals surface area (Å²) < 4.78 is 4.72. The van der Waals surface area contributed by atoms with Crippen molar-refractivity contribution in [2.45, 2.75) is 0 Å². The molecule has 0 spiro atoms. The summed E-state index contributed by atoms with van der Waals surface area (Å²) in [6.07, 6.45) is 0. The minimum atomic E-state index is -0.922. The molecule has 0 atom stereocenters. The minimum absolute atomic E-state index is 0.0479. The first-order chi connectivity index (χ1) is 11.8. The lowest BCUT2D eigenvalue weighted by Gasteiger charge is -2.07. The molecule has 0 fully saturated rings. The quantitative estimate of drug-likeness (QED) is 0.457. The standard InChI is InChI=1S/C13H8ClN3O7S/c14-7-1-2-9(16(20)21)8(5-7)15-11(18)6-24-13(19)10-3-4-12(25-10)17(22)23/h1-5H,6H2,(H,15,18). The summed E-state index contributed by atoms with van der Waals surface area (Å²) in [4.78, 5) is 43.5. The minimum Gasteiger partial charge on any atom is -0.451 e. The van der Waals surface area contributed by atoms with Crippen molar-refractivity contribution >= 4 is 51.2 Å². The normalized spacial score (nSPS) is 10.1. The number of halogens is 1. The van der Waals surface area contributed by atoms with E-state index in [1.807, 2.05) is 0 Å². The third kappa shape index (κ3) is 4.71. The number of hydrogen-bond acceptors (Lipinski definition) is 8. The van der Waals surface area contributed by atoms with Gasteiger partial charge in [-0.3, -0.25) is 25.0 Å². The molecule has 0 aliphatic carbocycles. The van der Waals surface area contributed by atoms with Crippen LogP contribution in [0.15, 0.2) is 30.3 Å². The third-order valence-electron chi connectivity index (χ3n) is 2.74. The first kappa shape index (κ1) is 18.3. The predicted molar refractivity (Wildman–Crippen MR) is 88.0 cm³/mol. The molecule has 12 heteroatoms. The molecule has 0 aliphatic heterocycles. The van der Waals surface area contributed by atoms with Gasteiger partial charge in [-0.05, 0) is 18.2 Å². The number of hydrogen-bond donors (Lipinski definition) is 1. The number of ether oxygens (including phenoxy) is 1. The van der Waals surface area contributed by atoms with Crippen LogP contribution in [-0.2, 0) is 9.53 Å². The first-order valence-corrected chi connectivity index (χ1v) is 7.62. The third-order valence-corrected chi connectivity index (χ3v) is 3.99. The fraction of sp³-hybridized carbons (Fsp3) is 0.0769. The number of thiophene rings is 1. The molecule has 1 aromatic carbocycles. The van der Waals surface area contributed by atoms with Gasteiger partial charge in [0.2, 0.25) is 0 Å². The van der Waals surface area contributed by atoms with Crippen LogP contribution in [0.4, 0.5) is 16.4 Å². The molecule has 0 unspecified atom stereocenters. The van der Waals surface area contributed by atoms with Crippen molar-refractivity contribution in [3.63, 3.8) is 0 Å². The number of nitro benzene ring substituents is 1. The SMILES string of the molecule is O=C(COC(=O)c1ccc([N+](=O)[O-])s1)Nc1cc(Cl)ccc1[N+](=O)[O-]. The molecule has 0 aliphatic rings. The first-order valence-electron chi connectivity index (χ1n) is 6.43. The van der Waals surface area contributed by atoms with Crippen molar-refractivity contribution in [2.24, 2.45) is 0 Å². The van der Waals surface area contributed by atoms with Crippen LogP contribution in [-0.4, -0.2) is 28.3 Å². The molecular weight excluding hydrogens is 378 g/mol. The van der Waals surface area contributed by atoms with E-state index < -0.39 is 28.3 Å². The van der Waals surface area contributed by atoms with Crippen molar-refractivity contribution < 1.29 is 24.2 Å². The molecule has 130 valence electrons. The summed E-state index contributed by atoms with van der Waals surface area (Å²) in [5, 5.41) is 23.6. The van der Waals surface area contributed by atoms with E-state index in [9.17, 15) is 29.8 Å². The molecule has 0 saturated carbocycles. The van der Waals surface area contributed by atoms with Crippen LogP contribution in [0.2, 0.25) is 5.02 Å². The Bertz CT molecular complexity index is 867. The fourth-order valence-electron chi connectivity index (χ4n) is 1.69. The Hall–Kier alpha value is -3.05. The molecule has 10 nitrogen and oxygen atoms in total. The van der Waals surface area contributed by atoms with E-state index in [2.05, 4.69) is 5.32 Å². The summed E-state index contributed by atoms with van der Waals surface area (Å²) in [5.74, 6) is -1.75. The molecule has 0 radical (unpaired) electrons. The number of benzene rings is 1. The monoisotopic (exact) mass is 385 g/mol. The zero-order chi connectivity index (χ0) is 18.6. The molecule has 1 N–H and O–H groups in total. The molecular formula is C13H8ClN3O7S. The van der Waals surface area contributed by atoms with Gasteiger partial charge in [0.25, 0.3) is 11.6 Å². The molecule has 1 heterocycles. The number of carbonyl (C=O) groups is 2. The van der Waals surface area contributed by atoms with Crippen molar-refractivity contribution in [1.29, 1.82) is 0 Å². The highest BCUT2D eigenvalue weighted by atomic mass is 35.5. The zero-order valence-corrected chi connectivity index (χ0v) is 13.7. The van der Waals surface area contributed by atoms with E-state index in [1.54, 1.807) is 0 Å². The van der Waals surface area contributed by atoms with Gasteiger partial charge in [-0.2, -0.15) is 0 Å². The van der Waals surface area contributed by atoms with E-state index in [-0.39, 0.29) is 26.3 Å². The Morgan fingerprint density at radius 2 is 1.88 bits per heavy atom. The van der Waals surface area contributed by atoms with Crippen LogP contribution in [0.25, 0.3) is 0 Å². The van der Waals surface area contributed by atoms with Crippen LogP contribution >= 0.6 is 22.9 Å². The van der Waals surface area contributed by atoms with Gasteiger partial charge in [0.15, 0.2) is 6.61 Å². The number of esters is 1. The number of nitrogens with zero attached hydrogens (tertiary/aromatic N) is 2. The van der Waals surface area contributed by atoms with Crippen LogP contribution in [0.5, 0.6) is 0 Å². The number of carbonyl (C=O) groups excluding carboxylic acids is 2. The number of anilines is 1. The molecule has 0 saturated heterocycles. The Kier molecular flexibility index (Phi) is 5.62. The van der Waals surface area contributed by atoms with E-state index in [0.717, 1.165) is 12.1 Å². The van der Waals surface area contributed by atoms with Gasteiger partial charge in [-0.1, -0.05) is 22.9 Å². The maximum atomic E-state index is 11.8. The van der Waals surface area contributed by atoms with Gasteiger partial charge in [0, 0.05) is 17.2 Å². The summed E-state index contributed by atoms with van der Waals surface area (Å²) in [7, 11) is 0. The Labute approximate surface area is 148 Å². The number of amides is 1. The second-order valence-electron chi connectivity index (χ2n) is 4.44. The summed E-state index contributed by atoms with van der Waals surface area (Å²) in [5.41, 5.74) is -0.525. The predicted octanol–water partition coefficient (Wildman–Crippen LogP) is 3.01. The fourth-order valence-corrected chi connectivity index (χ4v) is 2.58. The van der Waals surface area contributed by atoms with Gasteiger partial charge in [-0.25, -0.2) is 4.79 Å². The molecule has 0 bridgehead atoms. The number of nitrogens with one attached hydrogen (secondary N) is 1. The number of rotatable bonds is 6. The lowest BCUT2D eigenvalue weighted by Crippen LogP contribution is -2.21. The molecule has 2 rings (SSSR count). The second kappa shape index (κ2) is 7.68. The van der Waals surface area contributed by atoms with Crippen molar-refractivity contribution in [3.05, 3.63) is 60.5 Å². The molecule has 25 heavy (non-hydrogen) atoms. The van der Waals surface area contributed by atoms with Crippen LogP contribution in [0.3, 0.4) is 0 Å². The summed E-state index contributed by atoms with van der Waals surface area (Å²) in [6, 6.07) is 5.93. The highest BCUT2D eigenvalue weighted by Crippen LogP contribution is 2.28. The van der Waals surface area contributed by atoms with E-state index >= 15 is 0 Å². The molecule has 2 aromatic rings. The van der Waals surface area contributed by atoms with Crippen LogP contribution in [0.1, 0.15) is 9.67 Å². The Morgan fingerprint density at radius 3 is 2.48 bits per heavy atom. The van der Waals surface area contributed by atoms with Crippen molar-refractivity contribution in [1.82, 2.24) is 0 Å². The smallest absolute Gasteiger partial charge is 0.349 e. The second-order valence-corrected chi connectivity index (χ2v) is 5.94. The van der Waals surface area contributed by atoms with Gasteiger partial charge >= 0.3 is 11.0 Å². The van der Waals surface area contributed by atoms with Crippen LogP contribution in [0, 0.1) is 20.2 Å². The van der Waals surface area contributed by atoms with E-state index in [4.69, 9.17) is 16.3 Å². The maximum absolute atomic E-state index is 11.8. The van der Waals surface area contributed by atoms with Gasteiger partial charge in [0.05, 0.1) is 9.85 Å². The summed E-state index contributed by atoms with van der Waals surface area (Å²) >= 11 is 6.33. The number of nitro groups is 2. The largest absolute Gasteiger partial charge is 0.451 e.